The van der Waals surface area contributed by atoms with E-state index in [0.29, 0.717) is 0 Å². The number of thiophene rings is 1. The molecule has 0 aliphatic rings. The predicted molar refractivity (Wildman–Crippen MR) is 284 cm³/mol. The Morgan fingerprint density at radius 1 is 0.273 bits per heavy atom. The van der Waals surface area contributed by atoms with Gasteiger partial charge in [-0.25, -0.2) is 4.98 Å². The number of para-hydroxylation sites is 4. The van der Waals surface area contributed by atoms with E-state index >= 15 is 0 Å². The summed E-state index contributed by atoms with van der Waals surface area (Å²) in [6.07, 6.45) is 0. The van der Waals surface area contributed by atoms with Crippen LogP contribution in [0.2, 0.25) is 0 Å². The molecule has 12 aromatic rings. The molecule has 0 N–H and O–H groups in total. The third kappa shape index (κ3) is 7.30. The minimum Gasteiger partial charge on any atom is -0.311 e. The van der Waals surface area contributed by atoms with Gasteiger partial charge in [0.1, 0.15) is 5.01 Å². The van der Waals surface area contributed by atoms with Gasteiger partial charge in [-0.1, -0.05) is 170 Å². The molecule has 3 nitrogen and oxygen atoms in total. The molecule has 0 saturated carbocycles. The van der Waals surface area contributed by atoms with Crippen LogP contribution in [0.15, 0.2) is 249 Å². The molecule has 0 atom stereocenters. The third-order valence-corrected chi connectivity index (χ3v) is 14.7. The molecule has 0 amide bonds. The van der Waals surface area contributed by atoms with Crippen LogP contribution in [0.1, 0.15) is 0 Å². The van der Waals surface area contributed by atoms with Crippen LogP contribution < -0.4 is 9.80 Å². The van der Waals surface area contributed by atoms with E-state index in [9.17, 15) is 0 Å². The maximum atomic E-state index is 5.51. The van der Waals surface area contributed by atoms with Gasteiger partial charge in [0.15, 0.2) is 0 Å². The number of aromatic nitrogens is 1. The van der Waals surface area contributed by atoms with Crippen LogP contribution in [0, 0.1) is 0 Å². The third-order valence-electron chi connectivity index (χ3n) is 12.3. The summed E-state index contributed by atoms with van der Waals surface area (Å²) < 4.78 is 3.80. The molecule has 2 aromatic heterocycles. The predicted octanol–water partition coefficient (Wildman–Crippen LogP) is 18.3. The van der Waals surface area contributed by atoms with Crippen molar-refractivity contribution in [2.45, 2.75) is 0 Å². The highest BCUT2D eigenvalue weighted by atomic mass is 32.1. The largest absolute Gasteiger partial charge is 0.311 e. The molecule has 10 aromatic carbocycles. The van der Waals surface area contributed by atoms with Crippen LogP contribution in [0.4, 0.5) is 34.1 Å². The average molecular weight is 880 g/mol. The Bertz CT molecular complexity index is 3360. The van der Waals surface area contributed by atoms with Gasteiger partial charge >= 0.3 is 0 Å². The maximum absolute atomic E-state index is 5.51. The first-order valence-electron chi connectivity index (χ1n) is 22.2. The lowest BCUT2D eigenvalue weighted by Gasteiger charge is -2.25. The van der Waals surface area contributed by atoms with Crippen molar-refractivity contribution in [3.63, 3.8) is 0 Å². The van der Waals surface area contributed by atoms with E-state index < -0.39 is 0 Å². The molecule has 0 saturated heterocycles. The van der Waals surface area contributed by atoms with Crippen molar-refractivity contribution < 1.29 is 0 Å². The molecule has 0 unspecified atom stereocenters. The molecule has 12 rings (SSSR count). The molecule has 0 aliphatic heterocycles. The Balaban J connectivity index is 0.953. The minimum atomic E-state index is 0.997. The number of nitrogens with zero attached hydrogens (tertiary/aromatic N) is 3. The maximum Gasteiger partial charge on any atom is 0.124 e. The first kappa shape index (κ1) is 39.5. The molecule has 312 valence electrons. The summed E-state index contributed by atoms with van der Waals surface area (Å²) in [6.45, 7) is 0. The van der Waals surface area contributed by atoms with Crippen LogP contribution in [-0.2, 0) is 0 Å². The van der Waals surface area contributed by atoms with Crippen molar-refractivity contribution in [2.24, 2.45) is 0 Å². The Hall–Kier alpha value is -8.09. The summed E-state index contributed by atoms with van der Waals surface area (Å²) in [5.74, 6) is 0. The van der Waals surface area contributed by atoms with E-state index in [0.717, 1.165) is 71.6 Å². The smallest absolute Gasteiger partial charge is 0.124 e. The van der Waals surface area contributed by atoms with E-state index in [1.165, 1.54) is 36.9 Å². The topological polar surface area (TPSA) is 19.4 Å². The van der Waals surface area contributed by atoms with Gasteiger partial charge < -0.3 is 9.80 Å². The van der Waals surface area contributed by atoms with E-state index in [1.807, 2.05) is 11.3 Å². The van der Waals surface area contributed by atoms with E-state index in [2.05, 4.69) is 259 Å². The second-order valence-electron chi connectivity index (χ2n) is 16.3. The van der Waals surface area contributed by atoms with Crippen molar-refractivity contribution in [3.05, 3.63) is 249 Å². The summed E-state index contributed by atoms with van der Waals surface area (Å²) in [4.78, 5) is 10.1. The number of benzene rings is 10. The van der Waals surface area contributed by atoms with Crippen molar-refractivity contribution in [3.8, 4) is 44.0 Å². The summed E-state index contributed by atoms with van der Waals surface area (Å²) in [5, 5.41) is 3.62. The fraction of sp³-hybridized carbons (Fsp3) is 0. The van der Waals surface area contributed by atoms with Gasteiger partial charge in [0.2, 0.25) is 0 Å². The van der Waals surface area contributed by atoms with Crippen LogP contribution in [-0.4, -0.2) is 4.98 Å². The first-order valence-corrected chi connectivity index (χ1v) is 23.8. The normalized spacial score (nSPS) is 11.3. The van der Waals surface area contributed by atoms with Crippen molar-refractivity contribution in [2.75, 3.05) is 9.80 Å². The number of hydrogen-bond donors (Lipinski definition) is 0. The van der Waals surface area contributed by atoms with Crippen molar-refractivity contribution >= 4 is 87.2 Å². The van der Waals surface area contributed by atoms with Crippen LogP contribution >= 0.6 is 22.7 Å². The van der Waals surface area contributed by atoms with Gasteiger partial charge in [-0.05, 0) is 101 Å². The summed E-state index contributed by atoms with van der Waals surface area (Å²) in [7, 11) is 0. The lowest BCUT2D eigenvalue weighted by Crippen LogP contribution is -2.09. The quantitative estimate of drug-likeness (QED) is 0.136. The molecular weight excluding hydrogens is 839 g/mol. The van der Waals surface area contributed by atoms with E-state index in [4.69, 9.17) is 4.98 Å². The van der Waals surface area contributed by atoms with Crippen LogP contribution in [0.3, 0.4) is 0 Å². The van der Waals surface area contributed by atoms with E-state index in [1.54, 1.807) is 11.3 Å². The standard InChI is InChI=1S/C61H41N3S2/c1-5-16-46(17-6-1)63(47-18-7-2-8-19-47)50-36-32-42(33-37-50)52-40-41-54(44-34-38-51(39-35-44)64(48-20-9-3-10-21-48)49-22-11-4-12-23-49)60-58(52)62-61(66-60)45-30-28-43(29-31-45)53-25-15-26-56-55-24-13-14-27-57(55)65-59(53)56/h1-41H. The lowest BCUT2D eigenvalue weighted by molar-refractivity contribution is 1.28. The van der Waals surface area contributed by atoms with Crippen molar-refractivity contribution in [1.82, 2.24) is 4.98 Å². The second kappa shape index (κ2) is 17.1. The SMILES string of the molecule is c1ccc(N(c2ccccc2)c2ccc(-c3ccc(-c4ccc(N(c5ccccc5)c5ccccc5)cc4)c4sc(-c5ccc(-c6cccc7c6sc6ccccc67)cc5)nc34)cc2)cc1. The number of anilines is 6. The lowest BCUT2D eigenvalue weighted by atomic mass is 9.98. The molecule has 0 aliphatic carbocycles. The van der Waals surface area contributed by atoms with Crippen LogP contribution in [0.5, 0.6) is 0 Å². The van der Waals surface area contributed by atoms with Gasteiger partial charge in [-0.15, -0.1) is 22.7 Å². The molecule has 0 fully saturated rings. The second-order valence-corrected chi connectivity index (χ2v) is 18.4. The Morgan fingerprint density at radius 2 is 0.667 bits per heavy atom. The summed E-state index contributed by atoms with van der Waals surface area (Å²) >= 11 is 3.64. The minimum absolute atomic E-state index is 0.997. The highest BCUT2D eigenvalue weighted by Crippen LogP contribution is 2.45. The zero-order chi connectivity index (χ0) is 43.8. The zero-order valence-electron chi connectivity index (χ0n) is 35.8. The fourth-order valence-electron chi connectivity index (χ4n) is 9.14. The molecule has 0 radical (unpaired) electrons. The summed E-state index contributed by atoms with van der Waals surface area (Å²) in [6, 6.07) is 89.1. The summed E-state index contributed by atoms with van der Waals surface area (Å²) in [5.41, 5.74) is 15.8. The first-order chi connectivity index (χ1) is 32.7. The number of rotatable bonds is 10. The van der Waals surface area contributed by atoms with Gasteiger partial charge in [-0.3, -0.25) is 0 Å². The van der Waals surface area contributed by atoms with Crippen molar-refractivity contribution in [1.29, 1.82) is 0 Å². The van der Waals surface area contributed by atoms with Gasteiger partial charge in [0.25, 0.3) is 0 Å². The van der Waals surface area contributed by atoms with Crippen LogP contribution in [0.25, 0.3) is 74.3 Å². The Kier molecular flexibility index (Phi) is 10.3. The number of thiazole rings is 1. The molecular formula is C61H41N3S2. The number of hydrogen-bond acceptors (Lipinski definition) is 5. The molecule has 5 heteroatoms. The van der Waals surface area contributed by atoms with E-state index in [-0.39, 0.29) is 0 Å². The fourth-order valence-corrected chi connectivity index (χ4v) is 11.5. The zero-order valence-corrected chi connectivity index (χ0v) is 37.5. The highest BCUT2D eigenvalue weighted by molar-refractivity contribution is 7.26. The van der Waals surface area contributed by atoms with Gasteiger partial charge in [0, 0.05) is 71.0 Å². The molecule has 0 spiro atoms. The highest BCUT2D eigenvalue weighted by Gasteiger charge is 2.19. The molecule has 66 heavy (non-hydrogen) atoms. The Morgan fingerprint density at radius 3 is 1.20 bits per heavy atom. The van der Waals surface area contributed by atoms with Gasteiger partial charge in [-0.2, -0.15) is 0 Å². The molecule has 2 heterocycles. The number of fused-ring (bicyclic) bond motifs is 4. The van der Waals surface area contributed by atoms with Gasteiger partial charge in [0.05, 0.1) is 10.2 Å². The average Bonchev–Trinajstić information content (AvgIpc) is 4.01. The Labute approximate surface area is 392 Å². The monoisotopic (exact) mass is 879 g/mol. The molecule has 0 bridgehead atoms.